The third-order valence-electron chi connectivity index (χ3n) is 4.03. The molecule has 1 aromatic rings. The Morgan fingerprint density at radius 1 is 1.18 bits per heavy atom. The monoisotopic (exact) mass is 312 g/mol. The number of hydrogen-bond acceptors (Lipinski definition) is 4. The van der Waals surface area contributed by atoms with E-state index < -0.39 is 29.0 Å². The molecular formula is C15H18F2N2O3. The molecule has 0 aliphatic carbocycles. The fraction of sp³-hybridized carbons (Fsp3) is 0.533. The lowest BCUT2D eigenvalue weighted by atomic mass is 10.0. The lowest BCUT2D eigenvalue weighted by molar-refractivity contribution is -0.185. The van der Waals surface area contributed by atoms with E-state index in [1.54, 1.807) is 0 Å². The van der Waals surface area contributed by atoms with E-state index in [-0.39, 0.29) is 6.54 Å². The summed E-state index contributed by atoms with van der Waals surface area (Å²) in [6.45, 7) is 2.59. The fourth-order valence-corrected chi connectivity index (χ4v) is 2.84. The summed E-state index contributed by atoms with van der Waals surface area (Å²) in [5.41, 5.74) is -0.400. The number of carbonyl (C=O) groups is 1. The van der Waals surface area contributed by atoms with Gasteiger partial charge >= 0.3 is 0 Å². The molecule has 2 heterocycles. The first kappa shape index (κ1) is 15.3. The number of rotatable bonds is 3. The van der Waals surface area contributed by atoms with Gasteiger partial charge in [-0.1, -0.05) is 6.07 Å². The highest BCUT2D eigenvalue weighted by atomic mass is 19.1. The number of anilines is 1. The van der Waals surface area contributed by atoms with Crippen molar-refractivity contribution in [2.24, 2.45) is 0 Å². The highest BCUT2D eigenvalue weighted by molar-refractivity contribution is 5.92. The molecule has 0 radical (unpaired) electrons. The second-order valence-electron chi connectivity index (χ2n) is 5.53. The number of piperidine rings is 1. The summed E-state index contributed by atoms with van der Waals surface area (Å²) in [6, 6.07) is 3.47. The van der Waals surface area contributed by atoms with Gasteiger partial charge in [0.2, 0.25) is 5.91 Å². The minimum absolute atomic E-state index is 0.0872. The zero-order valence-corrected chi connectivity index (χ0v) is 12.1. The number of likely N-dealkylation sites (tertiary alicyclic amines) is 1. The van der Waals surface area contributed by atoms with Gasteiger partial charge in [0.15, 0.2) is 5.79 Å². The van der Waals surface area contributed by atoms with E-state index in [0.29, 0.717) is 39.1 Å². The fourth-order valence-electron chi connectivity index (χ4n) is 2.84. The summed E-state index contributed by atoms with van der Waals surface area (Å²) in [6.07, 6.45) is 1.38. The van der Waals surface area contributed by atoms with Crippen LogP contribution in [0.5, 0.6) is 0 Å². The van der Waals surface area contributed by atoms with E-state index in [1.807, 2.05) is 4.90 Å². The van der Waals surface area contributed by atoms with E-state index in [9.17, 15) is 13.6 Å². The molecule has 1 spiro atoms. The van der Waals surface area contributed by atoms with Gasteiger partial charge < -0.3 is 14.8 Å². The predicted molar refractivity (Wildman–Crippen MR) is 75.3 cm³/mol. The summed E-state index contributed by atoms with van der Waals surface area (Å²) in [5, 5.41) is 2.29. The lowest BCUT2D eigenvalue weighted by Gasteiger charge is -2.37. The van der Waals surface area contributed by atoms with Crippen molar-refractivity contribution in [1.29, 1.82) is 0 Å². The molecule has 5 nitrogen and oxygen atoms in total. The van der Waals surface area contributed by atoms with E-state index in [2.05, 4.69) is 5.32 Å². The van der Waals surface area contributed by atoms with Gasteiger partial charge in [0.1, 0.15) is 17.3 Å². The molecule has 120 valence electrons. The van der Waals surface area contributed by atoms with Gasteiger partial charge in [-0.2, -0.15) is 0 Å². The van der Waals surface area contributed by atoms with Gasteiger partial charge in [-0.3, -0.25) is 9.69 Å². The zero-order valence-electron chi connectivity index (χ0n) is 12.1. The van der Waals surface area contributed by atoms with Crippen LogP contribution in [0.4, 0.5) is 14.5 Å². The molecular weight excluding hydrogens is 294 g/mol. The third kappa shape index (κ3) is 3.26. The Hall–Kier alpha value is -1.57. The number of hydrogen-bond donors (Lipinski definition) is 1. The quantitative estimate of drug-likeness (QED) is 0.924. The van der Waals surface area contributed by atoms with Gasteiger partial charge in [-0.05, 0) is 12.1 Å². The molecule has 0 bridgehead atoms. The molecule has 2 aliphatic heterocycles. The highest BCUT2D eigenvalue weighted by Crippen LogP contribution is 2.31. The summed E-state index contributed by atoms with van der Waals surface area (Å²) < 4.78 is 38.2. The van der Waals surface area contributed by atoms with Crippen molar-refractivity contribution < 1.29 is 23.0 Å². The number of benzene rings is 1. The van der Waals surface area contributed by atoms with Crippen molar-refractivity contribution in [1.82, 2.24) is 4.90 Å². The van der Waals surface area contributed by atoms with Crippen molar-refractivity contribution in [3.8, 4) is 0 Å². The second-order valence-corrected chi connectivity index (χ2v) is 5.53. The molecule has 0 unspecified atom stereocenters. The summed E-state index contributed by atoms with van der Waals surface area (Å²) in [7, 11) is 0. The van der Waals surface area contributed by atoms with Gasteiger partial charge in [0, 0.05) is 25.9 Å². The van der Waals surface area contributed by atoms with Crippen molar-refractivity contribution in [3.05, 3.63) is 29.8 Å². The Morgan fingerprint density at radius 2 is 1.77 bits per heavy atom. The molecule has 1 N–H and O–H groups in total. The maximum absolute atomic E-state index is 13.5. The molecule has 7 heteroatoms. The van der Waals surface area contributed by atoms with Gasteiger partial charge in [-0.25, -0.2) is 8.78 Å². The molecule has 2 saturated heterocycles. The highest BCUT2D eigenvalue weighted by Gasteiger charge is 2.39. The first-order valence-corrected chi connectivity index (χ1v) is 7.32. The van der Waals surface area contributed by atoms with Crippen LogP contribution in [0.3, 0.4) is 0 Å². The lowest BCUT2D eigenvalue weighted by Crippen LogP contribution is -2.47. The number of nitrogens with one attached hydrogen (secondary N) is 1. The molecule has 1 aromatic carbocycles. The number of carbonyl (C=O) groups excluding carboxylic acids is 1. The van der Waals surface area contributed by atoms with E-state index in [1.165, 1.54) is 6.07 Å². The Kier molecular flexibility index (Phi) is 4.37. The number of ether oxygens (including phenoxy) is 2. The zero-order chi connectivity index (χ0) is 15.6. The molecule has 0 atom stereocenters. The Morgan fingerprint density at radius 3 is 2.36 bits per heavy atom. The average Bonchev–Trinajstić information content (AvgIpc) is 2.94. The van der Waals surface area contributed by atoms with Crippen LogP contribution in [0.1, 0.15) is 12.8 Å². The van der Waals surface area contributed by atoms with Crippen LogP contribution < -0.4 is 5.32 Å². The van der Waals surface area contributed by atoms with Crippen molar-refractivity contribution in [2.75, 3.05) is 38.2 Å². The van der Waals surface area contributed by atoms with Crippen LogP contribution in [0.15, 0.2) is 18.2 Å². The standard InChI is InChI=1S/C15H18F2N2O3/c16-11-2-1-3-12(17)14(11)18-13(20)10-19-6-4-15(5-7-19)21-8-9-22-15/h1-3H,4-10H2,(H,18,20). The van der Waals surface area contributed by atoms with Crippen LogP contribution in [-0.4, -0.2) is 49.4 Å². The van der Waals surface area contributed by atoms with Gasteiger partial charge in [-0.15, -0.1) is 0 Å². The number of amides is 1. The molecule has 2 fully saturated rings. The van der Waals surface area contributed by atoms with Crippen LogP contribution in [0.25, 0.3) is 0 Å². The number of halogens is 2. The molecule has 1 amide bonds. The van der Waals surface area contributed by atoms with E-state index in [0.717, 1.165) is 12.1 Å². The first-order valence-electron chi connectivity index (χ1n) is 7.32. The molecule has 0 saturated carbocycles. The van der Waals surface area contributed by atoms with Crippen LogP contribution in [-0.2, 0) is 14.3 Å². The topological polar surface area (TPSA) is 50.8 Å². The van der Waals surface area contributed by atoms with Crippen LogP contribution in [0, 0.1) is 11.6 Å². The minimum atomic E-state index is -0.779. The number of nitrogens with zero attached hydrogens (tertiary/aromatic N) is 1. The third-order valence-corrected chi connectivity index (χ3v) is 4.03. The molecule has 2 aliphatic rings. The normalized spacial score (nSPS) is 21.2. The average molecular weight is 312 g/mol. The van der Waals surface area contributed by atoms with Crippen molar-refractivity contribution in [3.63, 3.8) is 0 Å². The largest absolute Gasteiger partial charge is 0.347 e. The van der Waals surface area contributed by atoms with E-state index in [4.69, 9.17) is 9.47 Å². The van der Waals surface area contributed by atoms with E-state index >= 15 is 0 Å². The second kappa shape index (κ2) is 6.28. The predicted octanol–water partition coefficient (Wildman–Crippen LogP) is 1.74. The van der Waals surface area contributed by atoms with Gasteiger partial charge in [0.25, 0.3) is 0 Å². The SMILES string of the molecule is O=C(CN1CCC2(CC1)OCCO2)Nc1c(F)cccc1F. The molecule has 22 heavy (non-hydrogen) atoms. The minimum Gasteiger partial charge on any atom is -0.347 e. The Labute approximate surface area is 127 Å². The van der Waals surface area contributed by atoms with Gasteiger partial charge in [0.05, 0.1) is 19.8 Å². The summed E-state index contributed by atoms with van der Waals surface area (Å²) in [4.78, 5) is 13.9. The maximum Gasteiger partial charge on any atom is 0.238 e. The smallest absolute Gasteiger partial charge is 0.238 e. The van der Waals surface area contributed by atoms with Crippen molar-refractivity contribution >= 4 is 11.6 Å². The first-order chi connectivity index (χ1) is 10.6. The van der Waals surface area contributed by atoms with Crippen LogP contribution >= 0.6 is 0 Å². The summed E-state index contributed by atoms with van der Waals surface area (Å²) in [5.74, 6) is -2.49. The Balaban J connectivity index is 1.52. The molecule has 0 aromatic heterocycles. The summed E-state index contributed by atoms with van der Waals surface area (Å²) >= 11 is 0. The van der Waals surface area contributed by atoms with Crippen LogP contribution in [0.2, 0.25) is 0 Å². The Bertz CT molecular complexity index is 531. The molecule has 3 rings (SSSR count). The maximum atomic E-state index is 13.5. The number of para-hydroxylation sites is 1. The van der Waals surface area contributed by atoms with Crippen molar-refractivity contribution in [2.45, 2.75) is 18.6 Å².